The molecule has 1 nitrogen and oxygen atoms in total. The van der Waals surface area contributed by atoms with Crippen LogP contribution < -0.4 is 4.90 Å². The molecular weight excluding hydrogens is 707 g/mol. The zero-order chi connectivity index (χ0) is 38.1. The number of nitrogens with zero attached hydrogens (tertiary/aromatic N) is 1. The second-order valence-electron chi connectivity index (χ2n) is 15.7. The van der Waals surface area contributed by atoms with Gasteiger partial charge in [-0.15, -0.1) is 11.3 Å². The second-order valence-corrected chi connectivity index (χ2v) is 16.8. The molecule has 10 aromatic rings. The largest absolute Gasteiger partial charge is 0.310 e. The van der Waals surface area contributed by atoms with Gasteiger partial charge in [-0.1, -0.05) is 153 Å². The van der Waals surface area contributed by atoms with E-state index in [9.17, 15) is 0 Å². The van der Waals surface area contributed by atoms with E-state index in [1.54, 1.807) is 0 Å². The summed E-state index contributed by atoms with van der Waals surface area (Å²) in [5, 5.41) is 5.14. The van der Waals surface area contributed by atoms with Crippen molar-refractivity contribution in [3.63, 3.8) is 0 Å². The maximum atomic E-state index is 2.39. The minimum atomic E-state index is -0.0841. The number of fused-ring (bicyclic) bond motifs is 7. The third-order valence-corrected chi connectivity index (χ3v) is 13.2. The average Bonchev–Trinajstić information content (AvgIpc) is 3.76. The molecule has 0 aliphatic heterocycles. The molecule has 0 radical (unpaired) electrons. The van der Waals surface area contributed by atoms with Gasteiger partial charge in [0.2, 0.25) is 0 Å². The number of thiophene rings is 1. The van der Waals surface area contributed by atoms with Gasteiger partial charge in [0.05, 0.1) is 0 Å². The lowest BCUT2D eigenvalue weighted by molar-refractivity contribution is 0.662. The minimum Gasteiger partial charge on any atom is -0.310 e. The van der Waals surface area contributed by atoms with Crippen LogP contribution in [0, 0.1) is 0 Å². The summed E-state index contributed by atoms with van der Waals surface area (Å²) in [5.74, 6) is 0. The molecule has 0 unspecified atom stereocenters. The van der Waals surface area contributed by atoms with Crippen LogP contribution in [0.3, 0.4) is 0 Å². The van der Waals surface area contributed by atoms with Crippen molar-refractivity contribution in [3.8, 4) is 44.5 Å². The summed E-state index contributed by atoms with van der Waals surface area (Å²) >= 11 is 1.86. The highest BCUT2D eigenvalue weighted by Gasteiger charge is 2.37. The van der Waals surface area contributed by atoms with Crippen molar-refractivity contribution in [3.05, 3.63) is 211 Å². The first-order valence-electron chi connectivity index (χ1n) is 19.7. The van der Waals surface area contributed by atoms with Gasteiger partial charge >= 0.3 is 0 Å². The van der Waals surface area contributed by atoms with Gasteiger partial charge in [-0.2, -0.15) is 0 Å². The van der Waals surface area contributed by atoms with E-state index in [-0.39, 0.29) is 5.41 Å². The highest BCUT2D eigenvalue weighted by atomic mass is 32.1. The monoisotopic (exact) mass is 745 g/mol. The number of hydrogen-bond donors (Lipinski definition) is 0. The summed E-state index contributed by atoms with van der Waals surface area (Å²) in [5.41, 5.74) is 16.1. The van der Waals surface area contributed by atoms with Crippen molar-refractivity contribution in [1.29, 1.82) is 0 Å². The molecule has 11 rings (SSSR count). The summed E-state index contributed by atoms with van der Waals surface area (Å²) < 4.78 is 2.66. The van der Waals surface area contributed by atoms with Crippen molar-refractivity contribution in [2.24, 2.45) is 0 Å². The van der Waals surface area contributed by atoms with Crippen LogP contribution in [-0.2, 0) is 5.41 Å². The van der Waals surface area contributed by atoms with Gasteiger partial charge in [-0.3, -0.25) is 0 Å². The van der Waals surface area contributed by atoms with E-state index in [1.807, 2.05) is 11.3 Å². The van der Waals surface area contributed by atoms with E-state index >= 15 is 0 Å². The van der Waals surface area contributed by atoms with Gasteiger partial charge in [-0.05, 0) is 127 Å². The van der Waals surface area contributed by atoms with E-state index < -0.39 is 0 Å². The van der Waals surface area contributed by atoms with E-state index in [1.165, 1.54) is 86.6 Å². The molecule has 1 aliphatic rings. The summed E-state index contributed by atoms with van der Waals surface area (Å²) in [4.78, 5) is 2.39. The van der Waals surface area contributed by atoms with Gasteiger partial charge in [0.15, 0.2) is 0 Å². The van der Waals surface area contributed by atoms with E-state index in [0.29, 0.717) is 0 Å². The van der Waals surface area contributed by atoms with Crippen LogP contribution in [0.4, 0.5) is 17.1 Å². The molecule has 0 amide bonds. The van der Waals surface area contributed by atoms with Crippen molar-refractivity contribution in [1.82, 2.24) is 0 Å². The number of benzene rings is 9. The smallest absolute Gasteiger partial charge is 0.0467 e. The number of anilines is 3. The molecule has 1 aromatic heterocycles. The van der Waals surface area contributed by atoms with Crippen molar-refractivity contribution in [2.75, 3.05) is 4.90 Å². The van der Waals surface area contributed by atoms with Crippen LogP contribution in [0.5, 0.6) is 0 Å². The van der Waals surface area contributed by atoms with Gasteiger partial charge in [0, 0.05) is 42.6 Å². The highest BCUT2D eigenvalue weighted by molar-refractivity contribution is 7.25. The van der Waals surface area contributed by atoms with Crippen LogP contribution in [0.2, 0.25) is 0 Å². The zero-order valence-corrected chi connectivity index (χ0v) is 32.7. The molecule has 1 aliphatic carbocycles. The quantitative estimate of drug-likeness (QED) is 0.164. The Morgan fingerprint density at radius 3 is 1.81 bits per heavy atom. The fraction of sp³-hybridized carbons (Fsp3) is 0.0545. The summed E-state index contributed by atoms with van der Waals surface area (Å²) in [6.45, 7) is 4.73. The van der Waals surface area contributed by atoms with Crippen molar-refractivity contribution >= 4 is 59.3 Å². The standard InChI is InChI=1S/C55H39NS/c1-55(2)51-19-7-5-15-47(51)49-18-10-17-46(54(49)55)38-25-30-44(31-26-38)56(45-14-9-13-40(34-45)41-22-21-36-11-3-4-12-39(36)33-41)43-28-23-37(24-29-43)42-27-32-53-50(35-42)48-16-6-8-20-52(48)57-53/h3-35H,1-2H3. The minimum absolute atomic E-state index is 0.0841. The molecule has 9 aromatic carbocycles. The predicted octanol–water partition coefficient (Wildman–Crippen LogP) is 16.0. The summed E-state index contributed by atoms with van der Waals surface area (Å²) in [6, 6.07) is 73.9. The lowest BCUT2D eigenvalue weighted by Gasteiger charge is -2.27. The van der Waals surface area contributed by atoms with Gasteiger partial charge < -0.3 is 4.90 Å². The lowest BCUT2D eigenvalue weighted by atomic mass is 9.79. The SMILES string of the molecule is CC1(C)c2ccccc2-c2cccc(-c3ccc(N(c4ccc(-c5ccc6sc7ccccc7c6c5)cc4)c4cccc(-c5ccc6ccccc6c5)c4)cc3)c21. The zero-order valence-electron chi connectivity index (χ0n) is 31.9. The molecule has 0 bridgehead atoms. The van der Waals surface area contributed by atoms with Crippen LogP contribution in [0.15, 0.2) is 200 Å². The summed E-state index contributed by atoms with van der Waals surface area (Å²) in [6.07, 6.45) is 0. The Bertz CT molecular complexity index is 3150. The molecule has 57 heavy (non-hydrogen) atoms. The maximum absolute atomic E-state index is 2.39. The Hall–Kier alpha value is -6.74. The molecular formula is C55H39NS. The van der Waals surface area contributed by atoms with Crippen molar-refractivity contribution in [2.45, 2.75) is 19.3 Å². The van der Waals surface area contributed by atoms with Crippen LogP contribution in [0.25, 0.3) is 75.5 Å². The molecule has 0 spiro atoms. The number of rotatable bonds is 6. The fourth-order valence-electron chi connectivity index (χ4n) is 9.23. The Kier molecular flexibility index (Phi) is 7.77. The lowest BCUT2D eigenvalue weighted by Crippen LogP contribution is -2.16. The Balaban J connectivity index is 1.00. The van der Waals surface area contributed by atoms with E-state index in [4.69, 9.17) is 0 Å². The Morgan fingerprint density at radius 2 is 0.965 bits per heavy atom. The molecule has 2 heteroatoms. The molecule has 270 valence electrons. The predicted molar refractivity (Wildman–Crippen MR) is 245 cm³/mol. The first kappa shape index (κ1) is 33.6. The Labute approximate surface area is 337 Å². The van der Waals surface area contributed by atoms with E-state index in [2.05, 4.69) is 219 Å². The third kappa shape index (κ3) is 5.59. The fourth-order valence-corrected chi connectivity index (χ4v) is 10.3. The molecule has 0 saturated carbocycles. The molecule has 0 saturated heterocycles. The maximum Gasteiger partial charge on any atom is 0.0467 e. The van der Waals surface area contributed by atoms with Crippen LogP contribution in [0.1, 0.15) is 25.0 Å². The van der Waals surface area contributed by atoms with Crippen LogP contribution >= 0.6 is 11.3 Å². The Morgan fingerprint density at radius 1 is 0.368 bits per heavy atom. The first-order chi connectivity index (χ1) is 28.0. The molecule has 0 fully saturated rings. The molecule has 1 heterocycles. The summed E-state index contributed by atoms with van der Waals surface area (Å²) in [7, 11) is 0. The first-order valence-corrected chi connectivity index (χ1v) is 20.6. The number of hydrogen-bond acceptors (Lipinski definition) is 2. The topological polar surface area (TPSA) is 3.24 Å². The molecule has 0 atom stereocenters. The second kappa shape index (κ2) is 13.2. The molecule has 0 N–H and O–H groups in total. The van der Waals surface area contributed by atoms with Crippen molar-refractivity contribution < 1.29 is 0 Å². The van der Waals surface area contributed by atoms with Gasteiger partial charge in [0.25, 0.3) is 0 Å². The normalized spacial score (nSPS) is 12.9. The van der Waals surface area contributed by atoms with E-state index in [0.717, 1.165) is 17.1 Å². The van der Waals surface area contributed by atoms with Gasteiger partial charge in [0.1, 0.15) is 0 Å². The van der Waals surface area contributed by atoms with Crippen LogP contribution in [-0.4, -0.2) is 0 Å². The highest BCUT2D eigenvalue weighted by Crippen LogP contribution is 2.52. The average molecular weight is 746 g/mol. The van der Waals surface area contributed by atoms with Gasteiger partial charge in [-0.25, -0.2) is 0 Å². The third-order valence-electron chi connectivity index (χ3n) is 12.0.